The van der Waals surface area contributed by atoms with Gasteiger partial charge in [-0.15, -0.1) is 0 Å². The molecule has 1 unspecified atom stereocenters. The van der Waals surface area contributed by atoms with E-state index in [0.29, 0.717) is 12.0 Å². The molecule has 2 N–H and O–H groups in total. The highest BCUT2D eigenvalue weighted by Crippen LogP contribution is 2.20. The second-order valence-corrected chi connectivity index (χ2v) is 5.41. The van der Waals surface area contributed by atoms with Crippen molar-refractivity contribution in [2.45, 2.75) is 45.3 Å². The fraction of sp³-hybridized carbons (Fsp3) is 1.00. The Morgan fingerprint density at radius 2 is 1.93 bits per heavy atom. The summed E-state index contributed by atoms with van der Waals surface area (Å²) in [6.45, 7) is 9.09. The van der Waals surface area contributed by atoms with Crippen LogP contribution in [0.5, 0.6) is 0 Å². The third-order valence-corrected chi connectivity index (χ3v) is 3.75. The van der Waals surface area contributed by atoms with E-state index in [1.807, 2.05) is 6.92 Å². The van der Waals surface area contributed by atoms with Gasteiger partial charge in [-0.1, -0.05) is 13.8 Å². The van der Waals surface area contributed by atoms with E-state index in [1.165, 1.54) is 12.8 Å². The summed E-state index contributed by atoms with van der Waals surface area (Å²) in [6.07, 6.45) is 2.40. The van der Waals surface area contributed by atoms with Gasteiger partial charge in [0.25, 0.3) is 0 Å². The molecule has 3 nitrogen and oxygen atoms in total. The summed E-state index contributed by atoms with van der Waals surface area (Å²) in [7, 11) is 2.13. The Morgan fingerprint density at radius 3 is 2.40 bits per heavy atom. The lowest BCUT2D eigenvalue weighted by molar-refractivity contribution is -0.0247. The first-order valence-electron chi connectivity index (χ1n) is 6.07. The lowest BCUT2D eigenvalue weighted by atomic mass is 9.91. The van der Waals surface area contributed by atoms with Crippen LogP contribution >= 0.6 is 0 Å². The molecule has 0 aliphatic carbocycles. The molecule has 3 heteroatoms. The molecule has 1 rings (SSSR count). The Balaban J connectivity index is 2.42. The first-order chi connectivity index (χ1) is 6.93. The lowest BCUT2D eigenvalue weighted by Gasteiger charge is -2.38. The van der Waals surface area contributed by atoms with Crippen molar-refractivity contribution in [3.05, 3.63) is 0 Å². The van der Waals surface area contributed by atoms with Gasteiger partial charge in [0, 0.05) is 12.6 Å². The van der Waals surface area contributed by atoms with Crippen molar-refractivity contribution in [1.82, 2.24) is 10.2 Å². The van der Waals surface area contributed by atoms with E-state index in [4.69, 9.17) is 0 Å². The quantitative estimate of drug-likeness (QED) is 0.735. The van der Waals surface area contributed by atoms with Gasteiger partial charge < -0.3 is 15.3 Å². The van der Waals surface area contributed by atoms with Crippen LogP contribution in [0, 0.1) is 5.92 Å². The first-order valence-corrected chi connectivity index (χ1v) is 6.07. The van der Waals surface area contributed by atoms with Crippen LogP contribution in [0.25, 0.3) is 0 Å². The van der Waals surface area contributed by atoms with Crippen LogP contribution in [0.2, 0.25) is 0 Å². The molecule has 1 aliphatic heterocycles. The number of likely N-dealkylation sites (N-methyl/N-ethyl adjacent to an activating group) is 1. The minimum absolute atomic E-state index is 0.307. The van der Waals surface area contributed by atoms with Crippen LogP contribution in [0.1, 0.15) is 33.6 Å². The van der Waals surface area contributed by atoms with E-state index >= 15 is 0 Å². The fourth-order valence-corrected chi connectivity index (χ4v) is 2.06. The van der Waals surface area contributed by atoms with Gasteiger partial charge in [-0.25, -0.2) is 0 Å². The van der Waals surface area contributed by atoms with Crippen molar-refractivity contribution >= 4 is 0 Å². The van der Waals surface area contributed by atoms with Crippen LogP contribution in [-0.4, -0.2) is 48.3 Å². The summed E-state index contributed by atoms with van der Waals surface area (Å²) in [5.41, 5.74) is -0.570. The zero-order valence-electron chi connectivity index (χ0n) is 10.6. The molecule has 0 aromatic heterocycles. The van der Waals surface area contributed by atoms with Gasteiger partial charge in [-0.3, -0.25) is 0 Å². The molecular weight excluding hydrogens is 188 g/mol. The summed E-state index contributed by atoms with van der Waals surface area (Å²) in [5.74, 6) is 0.307. The minimum Gasteiger partial charge on any atom is -0.389 e. The van der Waals surface area contributed by atoms with Crippen LogP contribution < -0.4 is 5.32 Å². The van der Waals surface area contributed by atoms with Gasteiger partial charge in [0.2, 0.25) is 0 Å². The third-order valence-electron chi connectivity index (χ3n) is 3.75. The van der Waals surface area contributed by atoms with Crippen LogP contribution in [-0.2, 0) is 0 Å². The van der Waals surface area contributed by atoms with Crippen molar-refractivity contribution in [1.29, 1.82) is 0 Å². The van der Waals surface area contributed by atoms with Crippen LogP contribution in [0.4, 0.5) is 0 Å². The summed E-state index contributed by atoms with van der Waals surface area (Å²) in [5, 5.41) is 13.6. The Hall–Kier alpha value is -0.120. The number of hydrogen-bond acceptors (Lipinski definition) is 3. The molecule has 90 valence electrons. The standard InChI is InChI=1S/C12H26N2O/c1-10(2)12(3,15)9-14(4)11-5-7-13-8-6-11/h10-11,13,15H,5-9H2,1-4H3. The van der Waals surface area contributed by atoms with Gasteiger partial charge in [0.15, 0.2) is 0 Å². The minimum atomic E-state index is -0.570. The maximum absolute atomic E-state index is 10.2. The topological polar surface area (TPSA) is 35.5 Å². The SMILES string of the molecule is CC(C)C(C)(O)CN(C)C1CCNCC1. The molecule has 0 spiro atoms. The predicted molar refractivity (Wildman–Crippen MR) is 64.0 cm³/mol. The molecule has 1 heterocycles. The van der Waals surface area contributed by atoms with Crippen molar-refractivity contribution in [2.24, 2.45) is 5.92 Å². The second kappa shape index (κ2) is 5.28. The molecule has 0 aromatic rings. The highest BCUT2D eigenvalue weighted by Gasteiger charge is 2.29. The first kappa shape index (κ1) is 12.9. The normalized spacial score (nSPS) is 23.4. The van der Waals surface area contributed by atoms with E-state index in [1.54, 1.807) is 0 Å². The number of hydrogen-bond donors (Lipinski definition) is 2. The van der Waals surface area contributed by atoms with E-state index in [9.17, 15) is 5.11 Å². The fourth-order valence-electron chi connectivity index (χ4n) is 2.06. The molecule has 15 heavy (non-hydrogen) atoms. The summed E-state index contributed by atoms with van der Waals surface area (Å²) < 4.78 is 0. The summed E-state index contributed by atoms with van der Waals surface area (Å²) in [6, 6.07) is 0.636. The van der Waals surface area contributed by atoms with Crippen LogP contribution in [0.3, 0.4) is 0 Å². The number of nitrogens with one attached hydrogen (secondary N) is 1. The van der Waals surface area contributed by atoms with Crippen molar-refractivity contribution in [3.63, 3.8) is 0 Å². The number of rotatable bonds is 4. The monoisotopic (exact) mass is 214 g/mol. The number of nitrogens with zero attached hydrogens (tertiary/aromatic N) is 1. The molecule has 1 atom stereocenters. The van der Waals surface area contributed by atoms with Gasteiger partial charge in [-0.2, -0.15) is 0 Å². The zero-order chi connectivity index (χ0) is 11.5. The zero-order valence-corrected chi connectivity index (χ0v) is 10.6. The Kier molecular flexibility index (Phi) is 4.56. The number of piperidine rings is 1. The molecule has 0 amide bonds. The van der Waals surface area contributed by atoms with Gasteiger partial charge in [0.05, 0.1) is 5.60 Å². The van der Waals surface area contributed by atoms with Gasteiger partial charge in [0.1, 0.15) is 0 Å². The summed E-state index contributed by atoms with van der Waals surface area (Å²) >= 11 is 0. The molecule has 1 fully saturated rings. The highest BCUT2D eigenvalue weighted by atomic mass is 16.3. The lowest BCUT2D eigenvalue weighted by Crippen LogP contribution is -2.49. The highest BCUT2D eigenvalue weighted by molar-refractivity contribution is 4.84. The smallest absolute Gasteiger partial charge is 0.0768 e. The molecule has 0 radical (unpaired) electrons. The number of aliphatic hydroxyl groups is 1. The van der Waals surface area contributed by atoms with E-state index in [-0.39, 0.29) is 0 Å². The predicted octanol–water partition coefficient (Wildman–Crippen LogP) is 1.08. The van der Waals surface area contributed by atoms with Crippen molar-refractivity contribution < 1.29 is 5.11 Å². The summed E-state index contributed by atoms with van der Waals surface area (Å²) in [4.78, 5) is 2.32. The van der Waals surface area contributed by atoms with Crippen molar-refractivity contribution in [2.75, 3.05) is 26.7 Å². The average Bonchev–Trinajstić information content (AvgIpc) is 2.18. The molecule has 0 bridgehead atoms. The largest absolute Gasteiger partial charge is 0.389 e. The maximum Gasteiger partial charge on any atom is 0.0768 e. The Bertz CT molecular complexity index is 186. The third kappa shape index (κ3) is 3.74. The maximum atomic E-state index is 10.2. The van der Waals surface area contributed by atoms with E-state index < -0.39 is 5.60 Å². The molecule has 0 saturated carbocycles. The molecule has 1 aliphatic rings. The van der Waals surface area contributed by atoms with Crippen molar-refractivity contribution in [3.8, 4) is 0 Å². The van der Waals surface area contributed by atoms with E-state index in [2.05, 4.69) is 31.1 Å². The second-order valence-electron chi connectivity index (χ2n) is 5.41. The Labute approximate surface area is 93.9 Å². The van der Waals surface area contributed by atoms with Gasteiger partial charge in [-0.05, 0) is 45.8 Å². The van der Waals surface area contributed by atoms with E-state index in [0.717, 1.165) is 19.6 Å². The molecule has 0 aromatic carbocycles. The average molecular weight is 214 g/mol. The molecule has 1 saturated heterocycles. The van der Waals surface area contributed by atoms with Crippen LogP contribution in [0.15, 0.2) is 0 Å². The molecular formula is C12H26N2O. The Morgan fingerprint density at radius 1 is 1.40 bits per heavy atom. The van der Waals surface area contributed by atoms with Gasteiger partial charge >= 0.3 is 0 Å².